The molecule has 0 bridgehead atoms. The molecule has 2 nitrogen and oxygen atoms in total. The number of hydrogen-bond donors (Lipinski definition) is 1. The predicted octanol–water partition coefficient (Wildman–Crippen LogP) is 3.00. The number of aliphatic hydroxyl groups is 1. The minimum atomic E-state index is 0.252. The van der Waals surface area contributed by atoms with Crippen LogP contribution in [0.1, 0.15) is 12.8 Å². The Morgan fingerprint density at radius 2 is 2.07 bits per heavy atom. The molecule has 1 N–H and O–H groups in total. The number of para-hydroxylation sites is 1. The largest absolute Gasteiger partial charge is 0.488 e. The van der Waals surface area contributed by atoms with Gasteiger partial charge in [0.1, 0.15) is 12.4 Å². The maximum atomic E-state index is 8.57. The van der Waals surface area contributed by atoms with Gasteiger partial charge in [-0.1, -0.05) is 24.3 Å². The average molecular weight is 318 g/mol. The van der Waals surface area contributed by atoms with Crippen LogP contribution >= 0.6 is 22.6 Å². The topological polar surface area (TPSA) is 29.5 Å². The molecule has 0 saturated heterocycles. The molecule has 0 atom stereocenters. The number of rotatable bonds is 6. The second-order valence-corrected chi connectivity index (χ2v) is 4.24. The molecule has 0 fully saturated rings. The van der Waals surface area contributed by atoms with Crippen molar-refractivity contribution in [3.8, 4) is 5.75 Å². The molecule has 82 valence electrons. The Kier molecular flexibility index (Phi) is 6.43. The van der Waals surface area contributed by atoms with Crippen LogP contribution in [0.3, 0.4) is 0 Å². The lowest BCUT2D eigenvalue weighted by Crippen LogP contribution is -1.94. The highest BCUT2D eigenvalue weighted by Crippen LogP contribution is 2.19. The maximum absolute atomic E-state index is 8.57. The van der Waals surface area contributed by atoms with Gasteiger partial charge in [-0.15, -0.1) is 0 Å². The van der Waals surface area contributed by atoms with Crippen molar-refractivity contribution in [2.45, 2.75) is 12.8 Å². The molecule has 0 spiro atoms. The van der Waals surface area contributed by atoms with Gasteiger partial charge in [-0.25, -0.2) is 0 Å². The summed E-state index contributed by atoms with van der Waals surface area (Å²) in [5.41, 5.74) is 0. The van der Waals surface area contributed by atoms with Crippen LogP contribution in [0.25, 0.3) is 0 Å². The van der Waals surface area contributed by atoms with E-state index in [9.17, 15) is 0 Å². The molecule has 0 amide bonds. The Balaban J connectivity index is 2.26. The van der Waals surface area contributed by atoms with Gasteiger partial charge < -0.3 is 9.84 Å². The first kappa shape index (κ1) is 12.5. The summed E-state index contributed by atoms with van der Waals surface area (Å²) < 4.78 is 6.68. The number of aliphatic hydroxyl groups excluding tert-OH is 1. The Bertz CT molecular complexity index is 310. The molecule has 0 saturated carbocycles. The molecule has 0 radical (unpaired) electrons. The van der Waals surface area contributed by atoms with Gasteiger partial charge in [0, 0.05) is 6.61 Å². The lowest BCUT2D eigenvalue weighted by molar-refractivity contribution is 0.289. The van der Waals surface area contributed by atoms with Crippen LogP contribution in [0.4, 0.5) is 0 Å². The van der Waals surface area contributed by atoms with Gasteiger partial charge >= 0.3 is 0 Å². The third kappa shape index (κ3) is 5.18. The molecule has 0 aliphatic carbocycles. The third-order valence-electron chi connectivity index (χ3n) is 1.87. The van der Waals surface area contributed by atoms with Crippen molar-refractivity contribution in [2.75, 3.05) is 13.2 Å². The lowest BCUT2D eigenvalue weighted by Gasteiger charge is -2.04. The fraction of sp³-hybridized carbons (Fsp3) is 0.333. The van der Waals surface area contributed by atoms with Gasteiger partial charge in [-0.3, -0.25) is 0 Å². The van der Waals surface area contributed by atoms with Gasteiger partial charge in [0.05, 0.1) is 3.57 Å². The number of ether oxygens (including phenoxy) is 1. The summed E-state index contributed by atoms with van der Waals surface area (Å²) in [6, 6.07) is 7.94. The van der Waals surface area contributed by atoms with Crippen molar-refractivity contribution in [2.24, 2.45) is 0 Å². The fourth-order valence-electron chi connectivity index (χ4n) is 1.09. The molecule has 1 aromatic carbocycles. The molecule has 15 heavy (non-hydrogen) atoms. The molecule has 0 aliphatic rings. The minimum Gasteiger partial charge on any atom is -0.488 e. The van der Waals surface area contributed by atoms with Crippen LogP contribution in [-0.2, 0) is 0 Å². The van der Waals surface area contributed by atoms with Crippen LogP contribution in [0.5, 0.6) is 5.75 Å². The molecule has 0 unspecified atom stereocenters. The second kappa shape index (κ2) is 7.70. The highest BCUT2D eigenvalue weighted by Gasteiger charge is 1.96. The first-order chi connectivity index (χ1) is 7.34. The van der Waals surface area contributed by atoms with Crippen LogP contribution in [0.15, 0.2) is 36.4 Å². The number of allylic oxidation sites excluding steroid dienone is 1. The number of halogens is 1. The normalized spacial score (nSPS) is 10.8. The summed E-state index contributed by atoms with van der Waals surface area (Å²) in [7, 11) is 0. The van der Waals surface area contributed by atoms with Gasteiger partial charge in [0.2, 0.25) is 0 Å². The van der Waals surface area contributed by atoms with Crippen LogP contribution in [0, 0.1) is 3.57 Å². The van der Waals surface area contributed by atoms with E-state index in [1.54, 1.807) is 0 Å². The van der Waals surface area contributed by atoms with E-state index < -0.39 is 0 Å². The van der Waals surface area contributed by atoms with Crippen LogP contribution in [-0.4, -0.2) is 18.3 Å². The highest BCUT2D eigenvalue weighted by atomic mass is 127. The van der Waals surface area contributed by atoms with E-state index in [1.165, 1.54) is 0 Å². The summed E-state index contributed by atoms with van der Waals surface area (Å²) in [6.45, 7) is 0.841. The molecule has 1 aromatic rings. The van der Waals surface area contributed by atoms with E-state index >= 15 is 0 Å². The van der Waals surface area contributed by atoms with Crippen molar-refractivity contribution in [3.05, 3.63) is 40.0 Å². The van der Waals surface area contributed by atoms with E-state index in [0.717, 1.165) is 22.2 Å². The first-order valence-electron chi connectivity index (χ1n) is 4.98. The molecular formula is C12H15IO2. The van der Waals surface area contributed by atoms with Gasteiger partial charge in [-0.2, -0.15) is 0 Å². The van der Waals surface area contributed by atoms with Gasteiger partial charge in [0.25, 0.3) is 0 Å². The average Bonchev–Trinajstić information content (AvgIpc) is 2.25. The van der Waals surface area contributed by atoms with Crippen molar-refractivity contribution in [1.29, 1.82) is 0 Å². The zero-order chi connectivity index (χ0) is 10.9. The second-order valence-electron chi connectivity index (χ2n) is 3.08. The SMILES string of the molecule is OCCC/C=C/COc1ccccc1I. The highest BCUT2D eigenvalue weighted by molar-refractivity contribution is 14.1. The van der Waals surface area contributed by atoms with Gasteiger partial charge in [0.15, 0.2) is 0 Å². The van der Waals surface area contributed by atoms with E-state index in [1.807, 2.05) is 36.4 Å². The smallest absolute Gasteiger partial charge is 0.133 e. The standard InChI is InChI=1S/C12H15IO2/c13-11-7-3-4-8-12(11)15-10-6-2-1-5-9-14/h2-4,6-8,14H,1,5,9-10H2/b6-2+. The minimum absolute atomic E-state index is 0.252. The van der Waals surface area contributed by atoms with E-state index in [2.05, 4.69) is 22.6 Å². The molecular weight excluding hydrogens is 303 g/mol. The van der Waals surface area contributed by atoms with Crippen molar-refractivity contribution in [1.82, 2.24) is 0 Å². The number of unbranched alkanes of at least 4 members (excludes halogenated alkanes) is 1. The molecule has 0 aliphatic heterocycles. The Hall–Kier alpha value is -0.550. The predicted molar refractivity (Wildman–Crippen MR) is 70.1 cm³/mol. The zero-order valence-corrected chi connectivity index (χ0v) is 10.7. The molecule has 0 heterocycles. The van der Waals surface area contributed by atoms with Crippen molar-refractivity contribution >= 4 is 22.6 Å². The van der Waals surface area contributed by atoms with Crippen LogP contribution < -0.4 is 4.74 Å². The van der Waals surface area contributed by atoms with Gasteiger partial charge in [-0.05, 0) is 47.6 Å². The summed E-state index contributed by atoms with van der Waals surface area (Å²) >= 11 is 2.25. The number of benzene rings is 1. The van der Waals surface area contributed by atoms with E-state index in [-0.39, 0.29) is 6.61 Å². The molecule has 0 aromatic heterocycles. The first-order valence-corrected chi connectivity index (χ1v) is 6.05. The molecule has 1 rings (SSSR count). The Morgan fingerprint density at radius 1 is 1.27 bits per heavy atom. The zero-order valence-electron chi connectivity index (χ0n) is 8.53. The van der Waals surface area contributed by atoms with Crippen LogP contribution in [0.2, 0.25) is 0 Å². The van der Waals surface area contributed by atoms with E-state index in [0.29, 0.717) is 6.61 Å². The monoisotopic (exact) mass is 318 g/mol. The fourth-order valence-corrected chi connectivity index (χ4v) is 1.64. The quantitative estimate of drug-likeness (QED) is 0.496. The Morgan fingerprint density at radius 3 is 2.80 bits per heavy atom. The summed E-state index contributed by atoms with van der Waals surface area (Å²) in [6.07, 6.45) is 5.75. The number of hydrogen-bond acceptors (Lipinski definition) is 2. The van der Waals surface area contributed by atoms with Crippen molar-refractivity contribution < 1.29 is 9.84 Å². The van der Waals surface area contributed by atoms with Crippen molar-refractivity contribution in [3.63, 3.8) is 0 Å². The molecule has 3 heteroatoms. The third-order valence-corrected chi connectivity index (χ3v) is 2.76. The summed E-state index contributed by atoms with van der Waals surface area (Å²) in [5.74, 6) is 0.921. The summed E-state index contributed by atoms with van der Waals surface area (Å²) in [5, 5.41) is 8.57. The summed E-state index contributed by atoms with van der Waals surface area (Å²) in [4.78, 5) is 0. The van der Waals surface area contributed by atoms with E-state index in [4.69, 9.17) is 9.84 Å². The maximum Gasteiger partial charge on any atom is 0.133 e. The lowest BCUT2D eigenvalue weighted by atomic mass is 10.3. The Labute approximate surface area is 104 Å².